The van der Waals surface area contributed by atoms with E-state index in [4.69, 9.17) is 14.2 Å². The molecule has 2 aromatic heterocycles. The number of hydrogen-bond donors (Lipinski definition) is 1. The SMILES string of the molecule is COC[C@H]1O[C@@H](n2cc3cc(-c4ccccc4)[nH]c3nc2=O)[C@@H](F)C1OC. The summed E-state index contributed by atoms with van der Waals surface area (Å²) in [5, 5.41) is 0.688. The Morgan fingerprint density at radius 2 is 2.07 bits per heavy atom. The average Bonchev–Trinajstić information content (AvgIpc) is 3.22. The zero-order chi connectivity index (χ0) is 19.0. The van der Waals surface area contributed by atoms with E-state index in [2.05, 4.69) is 9.97 Å². The molecule has 7 nitrogen and oxygen atoms in total. The van der Waals surface area contributed by atoms with Gasteiger partial charge in [0.05, 0.1) is 6.61 Å². The normalized spacial score (nSPS) is 25.3. The Kier molecular flexibility index (Phi) is 4.77. The van der Waals surface area contributed by atoms with Gasteiger partial charge in [-0.25, -0.2) is 9.18 Å². The van der Waals surface area contributed by atoms with Gasteiger partial charge in [-0.3, -0.25) is 4.57 Å². The summed E-state index contributed by atoms with van der Waals surface area (Å²) in [5.74, 6) is 0. The van der Waals surface area contributed by atoms with Crippen molar-refractivity contribution in [3.8, 4) is 11.3 Å². The van der Waals surface area contributed by atoms with E-state index in [0.717, 1.165) is 11.3 Å². The van der Waals surface area contributed by atoms with Crippen LogP contribution >= 0.6 is 0 Å². The van der Waals surface area contributed by atoms with Gasteiger partial charge in [0.25, 0.3) is 0 Å². The molecule has 0 amide bonds. The summed E-state index contributed by atoms with van der Waals surface area (Å²) in [6.45, 7) is 0.169. The fourth-order valence-electron chi connectivity index (χ4n) is 3.46. The van der Waals surface area contributed by atoms with Crippen molar-refractivity contribution in [2.24, 2.45) is 0 Å². The van der Waals surface area contributed by atoms with Crippen molar-refractivity contribution in [3.63, 3.8) is 0 Å². The molecule has 4 atom stereocenters. The highest BCUT2D eigenvalue weighted by Crippen LogP contribution is 2.33. The minimum atomic E-state index is -1.51. The highest BCUT2D eigenvalue weighted by Gasteiger charge is 2.46. The van der Waals surface area contributed by atoms with Gasteiger partial charge in [-0.15, -0.1) is 0 Å². The number of rotatable bonds is 5. The number of nitrogens with one attached hydrogen (secondary N) is 1. The minimum absolute atomic E-state index is 0.169. The molecular weight excluding hydrogens is 353 g/mol. The monoisotopic (exact) mass is 373 g/mol. The number of benzene rings is 1. The number of aromatic amines is 1. The number of H-pyrrole nitrogens is 1. The van der Waals surface area contributed by atoms with Gasteiger partial charge >= 0.3 is 5.69 Å². The molecule has 1 N–H and O–H groups in total. The molecule has 1 saturated heterocycles. The van der Waals surface area contributed by atoms with E-state index in [9.17, 15) is 9.18 Å². The lowest BCUT2D eigenvalue weighted by Gasteiger charge is -2.16. The third-order valence-electron chi connectivity index (χ3n) is 4.76. The van der Waals surface area contributed by atoms with Crippen molar-refractivity contribution in [1.29, 1.82) is 0 Å². The number of alkyl halides is 1. The molecule has 0 bridgehead atoms. The standard InChI is InChI=1S/C19H20FN3O4/c1-25-10-14-16(26-2)15(20)18(27-14)23-9-12-8-13(11-6-4-3-5-7-11)21-17(12)22-19(23)24/h3-9,14-16,18H,10H2,1-2H3,(H,21,22,24)/t14-,15+,16?,18-/m1/s1. The Balaban J connectivity index is 1.72. The number of fused-ring (bicyclic) bond motifs is 1. The van der Waals surface area contributed by atoms with E-state index in [1.807, 2.05) is 36.4 Å². The van der Waals surface area contributed by atoms with Crippen LogP contribution in [0.4, 0.5) is 4.39 Å². The first kappa shape index (κ1) is 17.8. The van der Waals surface area contributed by atoms with Crippen molar-refractivity contribution in [2.75, 3.05) is 20.8 Å². The summed E-state index contributed by atoms with van der Waals surface area (Å²) in [5.41, 5.74) is 1.64. The molecule has 4 rings (SSSR count). The van der Waals surface area contributed by atoms with Crippen LogP contribution in [-0.4, -0.2) is 53.7 Å². The maximum Gasteiger partial charge on any atom is 0.351 e. The molecule has 8 heteroatoms. The lowest BCUT2D eigenvalue weighted by molar-refractivity contribution is -0.0623. The number of hydrogen-bond acceptors (Lipinski definition) is 5. The molecule has 1 aromatic carbocycles. The van der Waals surface area contributed by atoms with Crippen molar-refractivity contribution >= 4 is 11.0 Å². The summed E-state index contributed by atoms with van der Waals surface area (Å²) in [6.07, 6.45) is -2.49. The van der Waals surface area contributed by atoms with Crippen molar-refractivity contribution < 1.29 is 18.6 Å². The Morgan fingerprint density at radius 1 is 1.30 bits per heavy atom. The molecule has 0 saturated carbocycles. The van der Waals surface area contributed by atoms with Gasteiger partial charge in [0.15, 0.2) is 12.4 Å². The second-order valence-corrected chi connectivity index (χ2v) is 6.45. The lowest BCUT2D eigenvalue weighted by Crippen LogP contribution is -2.34. The van der Waals surface area contributed by atoms with E-state index < -0.39 is 30.3 Å². The second-order valence-electron chi connectivity index (χ2n) is 6.45. The molecule has 27 heavy (non-hydrogen) atoms. The topological polar surface area (TPSA) is 78.4 Å². The maximum absolute atomic E-state index is 14.9. The van der Waals surface area contributed by atoms with E-state index in [1.165, 1.54) is 18.8 Å². The van der Waals surface area contributed by atoms with E-state index >= 15 is 0 Å². The third-order valence-corrected chi connectivity index (χ3v) is 4.76. The molecule has 0 radical (unpaired) electrons. The first-order valence-electron chi connectivity index (χ1n) is 8.61. The van der Waals surface area contributed by atoms with Gasteiger partial charge < -0.3 is 19.2 Å². The minimum Gasteiger partial charge on any atom is -0.382 e. The lowest BCUT2D eigenvalue weighted by atomic mass is 10.1. The molecule has 1 aliphatic rings. The number of methoxy groups -OCH3 is 2. The number of nitrogens with zero attached hydrogens (tertiary/aromatic N) is 2. The van der Waals surface area contributed by atoms with Crippen LogP contribution in [0, 0.1) is 0 Å². The van der Waals surface area contributed by atoms with Gasteiger partial charge in [0.1, 0.15) is 17.9 Å². The zero-order valence-electron chi connectivity index (χ0n) is 15.0. The fraction of sp³-hybridized carbons (Fsp3) is 0.368. The number of aromatic nitrogens is 3. The van der Waals surface area contributed by atoms with Crippen LogP contribution in [0.2, 0.25) is 0 Å². The third kappa shape index (κ3) is 3.16. The molecule has 3 aromatic rings. The van der Waals surface area contributed by atoms with E-state index in [0.29, 0.717) is 11.0 Å². The first-order chi connectivity index (χ1) is 13.1. The second kappa shape index (κ2) is 7.22. The molecule has 142 valence electrons. The summed E-state index contributed by atoms with van der Waals surface area (Å²) in [6, 6.07) is 11.6. The molecule has 1 aliphatic heterocycles. The van der Waals surface area contributed by atoms with E-state index in [1.54, 1.807) is 6.20 Å². The van der Waals surface area contributed by atoms with Crippen LogP contribution in [0.5, 0.6) is 0 Å². The average molecular weight is 373 g/mol. The Bertz CT molecular complexity index is 988. The van der Waals surface area contributed by atoms with Crippen LogP contribution in [0.15, 0.2) is 47.4 Å². The molecule has 0 aliphatic carbocycles. The molecule has 1 unspecified atom stereocenters. The van der Waals surface area contributed by atoms with Crippen LogP contribution in [-0.2, 0) is 14.2 Å². The summed E-state index contributed by atoms with van der Waals surface area (Å²) in [7, 11) is 2.91. The van der Waals surface area contributed by atoms with Gasteiger partial charge in [-0.2, -0.15) is 4.98 Å². The quantitative estimate of drug-likeness (QED) is 0.742. The number of ether oxygens (including phenoxy) is 3. The van der Waals surface area contributed by atoms with Crippen LogP contribution in [0.1, 0.15) is 6.23 Å². The fourth-order valence-corrected chi connectivity index (χ4v) is 3.46. The summed E-state index contributed by atoms with van der Waals surface area (Å²) in [4.78, 5) is 19.7. The van der Waals surface area contributed by atoms with Gasteiger partial charge in [0, 0.05) is 31.5 Å². The summed E-state index contributed by atoms with van der Waals surface area (Å²) < 4.78 is 32.0. The predicted octanol–water partition coefficient (Wildman–Crippen LogP) is 2.29. The maximum atomic E-state index is 14.9. The number of halogens is 1. The Labute approximate surface area is 154 Å². The molecule has 1 fully saturated rings. The van der Waals surface area contributed by atoms with Crippen LogP contribution in [0.25, 0.3) is 22.3 Å². The van der Waals surface area contributed by atoms with Gasteiger partial charge in [-0.05, 0) is 11.6 Å². The van der Waals surface area contributed by atoms with Gasteiger partial charge in [-0.1, -0.05) is 30.3 Å². The molecule has 3 heterocycles. The Morgan fingerprint density at radius 3 is 2.78 bits per heavy atom. The van der Waals surface area contributed by atoms with Crippen molar-refractivity contribution in [1.82, 2.24) is 14.5 Å². The molecular formula is C19H20FN3O4. The largest absolute Gasteiger partial charge is 0.382 e. The predicted molar refractivity (Wildman–Crippen MR) is 97.3 cm³/mol. The van der Waals surface area contributed by atoms with Crippen LogP contribution in [0.3, 0.4) is 0 Å². The Hall–Kier alpha value is -2.55. The highest BCUT2D eigenvalue weighted by molar-refractivity contribution is 5.82. The van der Waals surface area contributed by atoms with E-state index in [-0.39, 0.29) is 6.61 Å². The van der Waals surface area contributed by atoms with Gasteiger partial charge in [0.2, 0.25) is 0 Å². The van der Waals surface area contributed by atoms with Crippen LogP contribution < -0.4 is 5.69 Å². The van der Waals surface area contributed by atoms with Crippen molar-refractivity contribution in [2.45, 2.75) is 24.6 Å². The smallest absolute Gasteiger partial charge is 0.351 e. The first-order valence-corrected chi connectivity index (χ1v) is 8.61. The van der Waals surface area contributed by atoms with Crippen molar-refractivity contribution in [3.05, 3.63) is 53.1 Å². The summed E-state index contributed by atoms with van der Waals surface area (Å²) >= 11 is 0. The molecule has 0 spiro atoms. The zero-order valence-corrected chi connectivity index (χ0v) is 15.0. The highest BCUT2D eigenvalue weighted by atomic mass is 19.1.